The van der Waals surface area contributed by atoms with Crippen LogP contribution in [0.5, 0.6) is 5.88 Å². The lowest BCUT2D eigenvalue weighted by Gasteiger charge is -2.31. The van der Waals surface area contributed by atoms with E-state index in [0.29, 0.717) is 28.1 Å². The second-order valence-electron chi connectivity index (χ2n) is 6.22. The van der Waals surface area contributed by atoms with E-state index >= 15 is 0 Å². The Labute approximate surface area is 153 Å². The summed E-state index contributed by atoms with van der Waals surface area (Å²) in [6, 6.07) is 12.9. The highest BCUT2D eigenvalue weighted by Gasteiger charge is 2.58. The number of para-hydroxylation sites is 1. The number of benzene rings is 1. The van der Waals surface area contributed by atoms with Crippen LogP contribution < -0.4 is 15.8 Å². The number of nitriles is 1. The fourth-order valence-electron chi connectivity index (χ4n) is 3.82. The first-order valence-corrected chi connectivity index (χ1v) is 8.16. The molecule has 8 heteroatoms. The van der Waals surface area contributed by atoms with Gasteiger partial charge in [0.2, 0.25) is 17.7 Å². The minimum absolute atomic E-state index is 0.0315. The van der Waals surface area contributed by atoms with Crippen molar-refractivity contribution in [3.05, 3.63) is 71.4 Å². The molecule has 0 radical (unpaired) electrons. The van der Waals surface area contributed by atoms with Gasteiger partial charge in [0.25, 0.3) is 0 Å². The molecule has 1 unspecified atom stereocenters. The van der Waals surface area contributed by atoms with Crippen molar-refractivity contribution >= 4 is 11.6 Å². The van der Waals surface area contributed by atoms with Crippen molar-refractivity contribution in [1.29, 1.82) is 5.26 Å². The van der Waals surface area contributed by atoms with Gasteiger partial charge < -0.3 is 15.8 Å². The number of hydrogen-bond donors (Lipinski definition) is 3. The number of fused-ring (bicyclic) bond motifs is 4. The number of hydrogen-bond acceptors (Lipinski definition) is 6. The Morgan fingerprint density at radius 1 is 1.22 bits per heavy atom. The Morgan fingerprint density at radius 3 is 2.85 bits per heavy atom. The molecule has 0 saturated carbocycles. The zero-order valence-electron chi connectivity index (χ0n) is 13.9. The lowest BCUT2D eigenvalue weighted by molar-refractivity contribution is -0.118. The van der Waals surface area contributed by atoms with Gasteiger partial charge >= 0.3 is 0 Å². The van der Waals surface area contributed by atoms with Gasteiger partial charge in [0.1, 0.15) is 17.1 Å². The Morgan fingerprint density at radius 2 is 2.07 bits per heavy atom. The molecule has 1 spiro atoms. The Hall–Kier alpha value is -4.12. The van der Waals surface area contributed by atoms with Gasteiger partial charge in [-0.15, -0.1) is 5.10 Å². The second kappa shape index (κ2) is 5.19. The van der Waals surface area contributed by atoms with Crippen molar-refractivity contribution < 1.29 is 9.53 Å². The Balaban J connectivity index is 1.92. The third-order valence-corrected chi connectivity index (χ3v) is 4.92. The molecule has 4 N–H and O–H groups in total. The van der Waals surface area contributed by atoms with Gasteiger partial charge in [0.15, 0.2) is 0 Å². The number of H-pyrrole nitrogens is 1. The van der Waals surface area contributed by atoms with Crippen LogP contribution in [-0.2, 0) is 10.2 Å². The van der Waals surface area contributed by atoms with Crippen LogP contribution in [0.3, 0.4) is 0 Å². The average Bonchev–Trinajstić information content (AvgIpc) is 3.23. The molecule has 1 aromatic carbocycles. The van der Waals surface area contributed by atoms with E-state index in [0.717, 1.165) is 0 Å². The van der Waals surface area contributed by atoms with Crippen molar-refractivity contribution in [2.45, 2.75) is 5.41 Å². The van der Waals surface area contributed by atoms with Gasteiger partial charge in [-0.25, -0.2) is 0 Å². The number of aromatic amines is 1. The second-order valence-corrected chi connectivity index (χ2v) is 6.22. The molecule has 8 nitrogen and oxygen atoms in total. The van der Waals surface area contributed by atoms with Crippen LogP contribution in [0.2, 0.25) is 0 Å². The van der Waals surface area contributed by atoms with Gasteiger partial charge in [-0.2, -0.15) is 5.26 Å². The molecule has 130 valence electrons. The van der Waals surface area contributed by atoms with E-state index in [1.165, 1.54) is 0 Å². The van der Waals surface area contributed by atoms with E-state index in [1.807, 2.05) is 18.2 Å². The minimum Gasteiger partial charge on any atom is -0.420 e. The van der Waals surface area contributed by atoms with Gasteiger partial charge in [-0.05, 0) is 18.2 Å². The van der Waals surface area contributed by atoms with E-state index in [2.05, 4.69) is 26.6 Å². The first-order chi connectivity index (χ1) is 13.2. The lowest BCUT2D eigenvalue weighted by atomic mass is 9.68. The molecule has 0 saturated heterocycles. The maximum atomic E-state index is 13.3. The summed E-state index contributed by atoms with van der Waals surface area (Å²) in [6.45, 7) is 0. The zero-order valence-corrected chi connectivity index (χ0v) is 13.9. The Bertz CT molecular complexity index is 1170. The quantitative estimate of drug-likeness (QED) is 0.609. The summed E-state index contributed by atoms with van der Waals surface area (Å²) >= 11 is 0. The van der Waals surface area contributed by atoms with Gasteiger partial charge in [0, 0.05) is 29.2 Å². The van der Waals surface area contributed by atoms with Crippen LogP contribution in [0.15, 0.2) is 60.2 Å². The molecule has 0 fully saturated rings. The predicted octanol–water partition coefficient (Wildman–Crippen LogP) is 1.80. The van der Waals surface area contributed by atoms with Crippen LogP contribution in [0.1, 0.15) is 11.1 Å². The molecule has 5 rings (SSSR count). The monoisotopic (exact) mass is 356 g/mol. The molecule has 3 aromatic rings. The molecule has 4 heterocycles. The fraction of sp³-hybridized carbons (Fsp3) is 0.0526. The van der Waals surface area contributed by atoms with E-state index < -0.39 is 5.41 Å². The van der Waals surface area contributed by atoms with Crippen molar-refractivity contribution in [3.8, 4) is 23.2 Å². The fourth-order valence-corrected chi connectivity index (χ4v) is 3.82. The molecule has 2 aromatic heterocycles. The number of aromatic nitrogens is 3. The van der Waals surface area contributed by atoms with E-state index in [1.54, 1.807) is 30.6 Å². The maximum Gasteiger partial charge on any atom is 0.245 e. The molecular formula is C19H12N6O2. The number of rotatable bonds is 1. The topological polar surface area (TPSA) is 130 Å². The predicted molar refractivity (Wildman–Crippen MR) is 95.1 cm³/mol. The number of ether oxygens (including phenoxy) is 1. The summed E-state index contributed by atoms with van der Waals surface area (Å²) in [6.07, 6.45) is 3.29. The molecule has 0 aliphatic carbocycles. The van der Waals surface area contributed by atoms with Crippen molar-refractivity contribution in [1.82, 2.24) is 15.2 Å². The summed E-state index contributed by atoms with van der Waals surface area (Å²) in [4.78, 5) is 17.4. The van der Waals surface area contributed by atoms with Gasteiger partial charge in [-0.1, -0.05) is 18.2 Å². The molecule has 1 atom stereocenters. The zero-order chi connectivity index (χ0) is 18.6. The first kappa shape index (κ1) is 15.2. The number of nitrogens with zero attached hydrogens (tertiary/aromatic N) is 3. The molecule has 2 aliphatic heterocycles. The number of pyridine rings is 1. The SMILES string of the molecule is N#CC1=C(N)Oc2n[nH]c(-c3cccnc3)c2C12C(=O)Nc1ccccc12. The molecule has 2 aliphatic rings. The van der Waals surface area contributed by atoms with E-state index in [-0.39, 0.29) is 23.2 Å². The Kier molecular flexibility index (Phi) is 2.91. The largest absolute Gasteiger partial charge is 0.420 e. The number of nitrogens with two attached hydrogens (primary N) is 1. The molecule has 1 amide bonds. The highest BCUT2D eigenvalue weighted by Crippen LogP contribution is 2.55. The lowest BCUT2D eigenvalue weighted by Crippen LogP contribution is -2.42. The summed E-state index contributed by atoms with van der Waals surface area (Å²) in [5.74, 6) is -0.349. The van der Waals surface area contributed by atoms with Gasteiger partial charge in [-0.3, -0.25) is 14.9 Å². The van der Waals surface area contributed by atoms with E-state index in [4.69, 9.17) is 10.5 Å². The smallest absolute Gasteiger partial charge is 0.245 e. The number of anilines is 1. The number of nitrogens with one attached hydrogen (secondary N) is 2. The van der Waals surface area contributed by atoms with Gasteiger partial charge in [0.05, 0.1) is 11.3 Å². The van der Waals surface area contributed by atoms with Crippen molar-refractivity contribution in [2.75, 3.05) is 5.32 Å². The summed E-state index contributed by atoms with van der Waals surface area (Å²) in [5.41, 5.74) is 7.56. The number of carbonyl (C=O) groups excluding carboxylic acids is 1. The molecule has 0 bridgehead atoms. The third kappa shape index (κ3) is 1.77. The normalized spacial score (nSPS) is 19.9. The molecule has 27 heavy (non-hydrogen) atoms. The summed E-state index contributed by atoms with van der Waals surface area (Å²) in [5, 5.41) is 19.8. The standard InChI is InChI=1S/C19H12N6O2/c20-8-12-16(21)27-17-14(15(24-25-17)10-4-3-7-22-9-10)19(12)11-5-1-2-6-13(11)23-18(19)26/h1-7,9H,21H2,(H,23,26)(H,24,25). The van der Waals surface area contributed by atoms with Crippen LogP contribution in [0.4, 0.5) is 5.69 Å². The average molecular weight is 356 g/mol. The summed E-state index contributed by atoms with van der Waals surface area (Å²) < 4.78 is 5.58. The van der Waals surface area contributed by atoms with Crippen molar-refractivity contribution in [2.24, 2.45) is 5.73 Å². The maximum absolute atomic E-state index is 13.3. The van der Waals surface area contributed by atoms with Crippen LogP contribution in [-0.4, -0.2) is 21.1 Å². The van der Waals surface area contributed by atoms with Crippen LogP contribution >= 0.6 is 0 Å². The summed E-state index contributed by atoms with van der Waals surface area (Å²) in [7, 11) is 0. The van der Waals surface area contributed by atoms with E-state index in [9.17, 15) is 10.1 Å². The highest BCUT2D eigenvalue weighted by molar-refractivity contribution is 6.13. The highest BCUT2D eigenvalue weighted by atomic mass is 16.5. The van der Waals surface area contributed by atoms with Crippen LogP contribution in [0, 0.1) is 11.3 Å². The third-order valence-electron chi connectivity index (χ3n) is 4.92. The minimum atomic E-state index is -1.44. The number of amides is 1. The first-order valence-electron chi connectivity index (χ1n) is 8.16. The van der Waals surface area contributed by atoms with Crippen LogP contribution in [0.25, 0.3) is 11.3 Å². The van der Waals surface area contributed by atoms with Crippen molar-refractivity contribution in [3.63, 3.8) is 0 Å². The number of carbonyl (C=O) groups is 1. The molecular weight excluding hydrogens is 344 g/mol.